The number of unbranched alkanes of at least 4 members (excludes halogenated alkanes) is 2. The lowest BCUT2D eigenvalue weighted by atomic mass is 9.77. The van der Waals surface area contributed by atoms with Gasteiger partial charge in [-0.25, -0.2) is 13.2 Å². The van der Waals surface area contributed by atoms with Gasteiger partial charge in [-0.1, -0.05) is 62.0 Å². The van der Waals surface area contributed by atoms with Crippen molar-refractivity contribution in [1.82, 2.24) is 5.06 Å². The zero-order valence-corrected chi connectivity index (χ0v) is 34.2. The average Bonchev–Trinajstić information content (AvgIpc) is 3.71. The molecule has 0 bridgehead atoms. The summed E-state index contributed by atoms with van der Waals surface area (Å²) >= 11 is 1.50. The predicted octanol–water partition coefficient (Wildman–Crippen LogP) is 5.07. The molecule has 3 heterocycles. The largest absolute Gasteiger partial charge is 0.744 e. The minimum Gasteiger partial charge on any atom is -0.744 e. The van der Waals surface area contributed by atoms with Crippen molar-refractivity contribution in [2.24, 2.45) is 0 Å². The number of allylic oxidation sites excluding steroid dienone is 5. The maximum atomic E-state index is 12.4. The van der Waals surface area contributed by atoms with Gasteiger partial charge in [-0.3, -0.25) is 18.7 Å². The zero-order chi connectivity index (χ0) is 41.6. The number of carbonyl (C=O) groups is 3. The van der Waals surface area contributed by atoms with E-state index < -0.39 is 64.2 Å². The van der Waals surface area contributed by atoms with Crippen LogP contribution in [-0.4, -0.2) is 79.8 Å². The van der Waals surface area contributed by atoms with Gasteiger partial charge < -0.3 is 14.3 Å². The molecule has 20 heteroatoms. The molecule has 0 radical (unpaired) electrons. The van der Waals surface area contributed by atoms with Crippen molar-refractivity contribution >= 4 is 81.5 Å². The first-order valence-corrected chi connectivity index (χ1v) is 23.5. The van der Waals surface area contributed by atoms with Crippen LogP contribution in [0.25, 0.3) is 16.3 Å². The second-order valence-electron chi connectivity index (χ2n) is 13.9. The van der Waals surface area contributed by atoms with Crippen LogP contribution in [-0.2, 0) is 61.5 Å². The normalized spacial score (nSPS) is 18.2. The Morgan fingerprint density at radius 1 is 0.914 bits per heavy atom. The summed E-state index contributed by atoms with van der Waals surface area (Å²) in [6, 6.07) is 11.6. The molecule has 2 N–H and O–H groups in total. The highest BCUT2D eigenvalue weighted by molar-refractivity contribution is 7.86. The molecule has 0 saturated carbocycles. The van der Waals surface area contributed by atoms with E-state index in [4.69, 9.17) is 4.84 Å². The molecular weight excluding hydrogens is 835 g/mol. The minimum absolute atomic E-state index is 0. The molecular formula is C38H47N3O13S4. The third-order valence-electron chi connectivity index (χ3n) is 9.67. The number of para-hydroxylation sites is 1. The van der Waals surface area contributed by atoms with Crippen LogP contribution in [0.4, 0.5) is 5.69 Å². The lowest BCUT2D eigenvalue weighted by Crippen LogP contribution is -2.35. The third-order valence-corrected chi connectivity index (χ3v) is 13.2. The molecule has 1 fully saturated rings. The minimum atomic E-state index is -4.85. The fourth-order valence-corrected chi connectivity index (χ4v) is 9.57. The Balaban J connectivity index is 0.00000744. The Labute approximate surface area is 342 Å². The number of fused-ring (bicyclic) bond motifs is 2. The molecule has 1 aromatic heterocycles. The van der Waals surface area contributed by atoms with Gasteiger partial charge in [0.05, 0.1) is 16.4 Å². The second kappa shape index (κ2) is 19.2. The summed E-state index contributed by atoms with van der Waals surface area (Å²) in [7, 11) is -13.3. The monoisotopic (exact) mass is 881 g/mol. The number of hydrogen-bond acceptors (Lipinski definition) is 13. The number of thiazole rings is 1. The molecule has 3 aromatic rings. The average molecular weight is 882 g/mol. The van der Waals surface area contributed by atoms with Crippen molar-refractivity contribution in [1.29, 1.82) is 0 Å². The van der Waals surface area contributed by atoms with Gasteiger partial charge in [0.15, 0.2) is 6.54 Å². The first kappa shape index (κ1) is 46.4. The number of aromatic nitrogens is 1. The van der Waals surface area contributed by atoms with Crippen LogP contribution < -0.4 is 9.47 Å². The van der Waals surface area contributed by atoms with Gasteiger partial charge in [-0.05, 0) is 62.1 Å². The number of rotatable bonds is 19. The lowest BCUT2D eigenvalue weighted by molar-refractivity contribution is -0.668. The van der Waals surface area contributed by atoms with E-state index in [-0.39, 0.29) is 51.8 Å². The molecule has 1 unspecified atom stereocenters. The maximum Gasteiger partial charge on any atom is 0.333 e. The van der Waals surface area contributed by atoms with Crippen LogP contribution in [0.1, 0.15) is 82.7 Å². The molecule has 2 aliphatic heterocycles. The van der Waals surface area contributed by atoms with E-state index in [0.717, 1.165) is 15.2 Å². The van der Waals surface area contributed by atoms with Crippen LogP contribution in [0.5, 0.6) is 0 Å². The Kier molecular flexibility index (Phi) is 15.3. The third kappa shape index (κ3) is 11.9. The van der Waals surface area contributed by atoms with Gasteiger partial charge in [-0.2, -0.15) is 21.4 Å². The molecule has 316 valence electrons. The SMILES string of the molecule is C.CC1(CCCCCC(=O)ON2C(=O)CCC2=O)/C(=C/C=C/C=C/c2sc3ccccc3[n+]2CCCS(=O)(=O)O)N(CCCS(=O)(=O)O)c2ccc(S(=O)(=O)[O-])cc21. The summed E-state index contributed by atoms with van der Waals surface area (Å²) in [5.74, 6) is -2.81. The van der Waals surface area contributed by atoms with Gasteiger partial charge in [0, 0.05) is 61.2 Å². The van der Waals surface area contributed by atoms with Crippen LogP contribution in [0.3, 0.4) is 0 Å². The van der Waals surface area contributed by atoms with Gasteiger partial charge in [0.2, 0.25) is 5.52 Å². The van der Waals surface area contributed by atoms with Crippen molar-refractivity contribution in [2.45, 2.75) is 89.0 Å². The van der Waals surface area contributed by atoms with Crippen molar-refractivity contribution < 1.29 is 62.7 Å². The summed E-state index contributed by atoms with van der Waals surface area (Å²) in [6.45, 7) is 2.33. The Hall–Kier alpha value is -4.31. The van der Waals surface area contributed by atoms with E-state index in [2.05, 4.69) is 0 Å². The van der Waals surface area contributed by atoms with Crippen molar-refractivity contribution in [3.8, 4) is 0 Å². The van der Waals surface area contributed by atoms with E-state index in [9.17, 15) is 53.3 Å². The van der Waals surface area contributed by atoms with E-state index >= 15 is 0 Å². The molecule has 0 spiro atoms. The number of hydroxylamine groups is 2. The summed E-state index contributed by atoms with van der Waals surface area (Å²) in [4.78, 5) is 42.3. The highest BCUT2D eigenvalue weighted by atomic mass is 32.2. The second-order valence-corrected chi connectivity index (χ2v) is 19.4. The summed E-state index contributed by atoms with van der Waals surface area (Å²) in [5, 5.41) is 1.31. The highest BCUT2D eigenvalue weighted by Crippen LogP contribution is 2.51. The van der Waals surface area contributed by atoms with Crippen LogP contribution in [0.15, 0.2) is 77.4 Å². The molecule has 5 rings (SSSR count). The number of hydrogen-bond donors (Lipinski definition) is 2. The Morgan fingerprint density at radius 2 is 1.59 bits per heavy atom. The van der Waals surface area contributed by atoms with E-state index in [1.54, 1.807) is 24.3 Å². The molecule has 1 atom stereocenters. The molecule has 2 aliphatic rings. The number of imide groups is 1. The molecule has 16 nitrogen and oxygen atoms in total. The van der Waals surface area contributed by atoms with Crippen molar-refractivity contribution in [3.63, 3.8) is 0 Å². The molecule has 2 amide bonds. The molecule has 0 aliphatic carbocycles. The van der Waals surface area contributed by atoms with E-state index in [0.29, 0.717) is 54.2 Å². The van der Waals surface area contributed by atoms with Gasteiger partial charge in [-0.15, -0.1) is 5.06 Å². The van der Waals surface area contributed by atoms with Gasteiger partial charge in [0.1, 0.15) is 14.8 Å². The van der Waals surface area contributed by atoms with Crippen molar-refractivity contribution in [2.75, 3.05) is 23.0 Å². The topological polar surface area (TPSA) is 237 Å². The first-order valence-electron chi connectivity index (χ1n) is 18.1. The van der Waals surface area contributed by atoms with Gasteiger partial charge >= 0.3 is 5.97 Å². The van der Waals surface area contributed by atoms with E-state index in [1.807, 2.05) is 46.7 Å². The Morgan fingerprint density at radius 3 is 2.26 bits per heavy atom. The number of anilines is 1. The number of aryl methyl sites for hydroxylation is 1. The Bertz CT molecular complexity index is 2440. The summed E-state index contributed by atoms with van der Waals surface area (Å²) < 4.78 is 104. The summed E-state index contributed by atoms with van der Waals surface area (Å²) in [5.41, 5.74) is 1.71. The smallest absolute Gasteiger partial charge is 0.333 e. The number of amides is 2. The van der Waals surface area contributed by atoms with Crippen LogP contribution in [0, 0.1) is 0 Å². The van der Waals surface area contributed by atoms with Gasteiger partial charge in [0.25, 0.3) is 37.1 Å². The standard InChI is InChI=1S/C37H43N3O13S4.CH4/c1-37(21-9-3-6-16-36(43)53-40-33(41)19-20-34(40)42)28-26-27(57(50,51)52)17-18-29(28)38(22-10-24-55(44,45)46)32(37)14-4-2-5-15-35-39(23-11-25-56(47,48)49)30-12-7-8-13-31(30)54-35;/h2,4-5,7-8,12-15,17-18,26H,3,6,9-11,16,19-25H2,1H3,(H2-,44,45,46,47,48,49,50,51,52);1H4. The summed E-state index contributed by atoms with van der Waals surface area (Å²) in [6.07, 6.45) is 10.8. The quantitative estimate of drug-likeness (QED) is 0.0526. The highest BCUT2D eigenvalue weighted by Gasteiger charge is 2.43. The molecule has 58 heavy (non-hydrogen) atoms. The van der Waals surface area contributed by atoms with Crippen LogP contribution >= 0.6 is 11.3 Å². The lowest BCUT2D eigenvalue weighted by Gasteiger charge is -2.30. The van der Waals surface area contributed by atoms with E-state index in [1.165, 1.54) is 29.5 Å². The number of benzene rings is 2. The predicted molar refractivity (Wildman–Crippen MR) is 216 cm³/mol. The number of nitrogens with zero attached hydrogens (tertiary/aromatic N) is 3. The zero-order valence-electron chi connectivity index (χ0n) is 31.0. The fourth-order valence-electron chi connectivity index (χ4n) is 6.99. The fraction of sp³-hybridized carbons (Fsp3) is 0.421. The number of carbonyl (C=O) groups excluding carboxylic acids is 3. The maximum absolute atomic E-state index is 12.4. The molecule has 1 saturated heterocycles. The first-order chi connectivity index (χ1) is 26.8. The van der Waals surface area contributed by atoms with Crippen molar-refractivity contribution in [3.05, 3.63) is 83.0 Å². The van der Waals surface area contributed by atoms with Crippen LogP contribution in [0.2, 0.25) is 0 Å². The molecule has 2 aromatic carbocycles.